The number of methoxy groups -OCH3 is 1. The van der Waals surface area contributed by atoms with Crippen LogP contribution < -0.4 is 4.72 Å². The number of nitrogens with one attached hydrogen (secondary N) is 1. The molecule has 2 aromatic heterocycles. The molecule has 22 heavy (non-hydrogen) atoms. The van der Waals surface area contributed by atoms with Gasteiger partial charge in [-0.1, -0.05) is 0 Å². The Hall–Kier alpha value is -2.55. The van der Waals surface area contributed by atoms with E-state index in [1.54, 1.807) is 19.9 Å². The minimum atomic E-state index is -3.89. The number of sulfonamides is 1. The Bertz CT molecular complexity index is 783. The third-order valence-corrected chi connectivity index (χ3v) is 3.96. The highest BCUT2D eigenvalue weighted by Crippen LogP contribution is 2.13. The number of carbonyl (C=O) groups is 1. The van der Waals surface area contributed by atoms with E-state index in [1.165, 1.54) is 19.2 Å². The maximum absolute atomic E-state index is 12.2. The lowest BCUT2D eigenvalue weighted by atomic mass is 10.3. The van der Waals surface area contributed by atoms with Gasteiger partial charge in [-0.05, 0) is 32.0 Å². The Kier molecular flexibility index (Phi) is 4.36. The molecule has 0 radical (unpaired) electrons. The monoisotopic (exact) mass is 322 g/mol. The lowest BCUT2D eigenvalue weighted by molar-refractivity contribution is 0.0594. The van der Waals surface area contributed by atoms with E-state index in [9.17, 15) is 13.2 Å². The van der Waals surface area contributed by atoms with Gasteiger partial charge in [-0.15, -0.1) is 0 Å². The lowest BCUT2D eigenvalue weighted by Crippen LogP contribution is -2.16. The summed E-state index contributed by atoms with van der Waals surface area (Å²) in [5.41, 5.74) is 1.30. The van der Waals surface area contributed by atoms with Gasteiger partial charge in [-0.2, -0.15) is 0 Å². The molecule has 0 aliphatic heterocycles. The smallest absolute Gasteiger partial charge is 0.356 e. The zero-order chi connectivity index (χ0) is 16.3. The predicted molar refractivity (Wildman–Crippen MR) is 77.9 cm³/mol. The van der Waals surface area contributed by atoms with Crippen molar-refractivity contribution >= 4 is 21.9 Å². The maximum Gasteiger partial charge on any atom is 0.356 e. The zero-order valence-corrected chi connectivity index (χ0v) is 13.0. The van der Waals surface area contributed by atoms with Crippen LogP contribution in [0.3, 0.4) is 0 Å². The van der Waals surface area contributed by atoms with E-state index in [0.29, 0.717) is 11.4 Å². The summed E-state index contributed by atoms with van der Waals surface area (Å²) in [4.78, 5) is 22.9. The Balaban J connectivity index is 2.28. The molecule has 9 heteroatoms. The van der Waals surface area contributed by atoms with E-state index < -0.39 is 16.0 Å². The molecular formula is C13H14N4O4S. The first-order valence-electron chi connectivity index (χ1n) is 6.21. The number of aryl methyl sites for hydroxylation is 2. The molecule has 2 heterocycles. The van der Waals surface area contributed by atoms with Gasteiger partial charge in [0.25, 0.3) is 10.0 Å². The van der Waals surface area contributed by atoms with Crippen LogP contribution in [0.5, 0.6) is 0 Å². The molecule has 0 unspecified atom stereocenters. The second-order valence-electron chi connectivity index (χ2n) is 4.45. The van der Waals surface area contributed by atoms with Crippen molar-refractivity contribution in [1.29, 1.82) is 0 Å². The molecule has 0 saturated carbocycles. The molecule has 2 aromatic rings. The number of hydrogen-bond donors (Lipinski definition) is 1. The fraction of sp³-hybridized carbons (Fsp3) is 0.231. The summed E-state index contributed by atoms with van der Waals surface area (Å²) in [6.07, 6.45) is 1.07. The number of pyridine rings is 1. The number of rotatable bonds is 4. The van der Waals surface area contributed by atoms with Crippen molar-refractivity contribution in [3.63, 3.8) is 0 Å². The summed E-state index contributed by atoms with van der Waals surface area (Å²) < 4.78 is 31.2. The Morgan fingerprint density at radius 3 is 2.32 bits per heavy atom. The number of aromatic nitrogens is 3. The Labute approximate surface area is 127 Å². The van der Waals surface area contributed by atoms with Crippen LogP contribution in [0.4, 0.5) is 5.95 Å². The quantitative estimate of drug-likeness (QED) is 0.838. The van der Waals surface area contributed by atoms with Crippen LogP contribution in [0.2, 0.25) is 0 Å². The fourth-order valence-corrected chi connectivity index (χ4v) is 2.60. The Morgan fingerprint density at radius 1 is 1.18 bits per heavy atom. The first-order chi connectivity index (χ1) is 10.3. The minimum absolute atomic E-state index is 0.0177. The van der Waals surface area contributed by atoms with Crippen molar-refractivity contribution in [3.8, 4) is 0 Å². The van der Waals surface area contributed by atoms with Gasteiger partial charge in [-0.3, -0.25) is 0 Å². The molecule has 8 nitrogen and oxygen atoms in total. The zero-order valence-electron chi connectivity index (χ0n) is 12.2. The first-order valence-corrected chi connectivity index (χ1v) is 7.69. The predicted octanol–water partition coefficient (Wildman–Crippen LogP) is 1.08. The largest absolute Gasteiger partial charge is 0.464 e. The molecule has 0 aliphatic rings. The summed E-state index contributed by atoms with van der Waals surface area (Å²) in [6.45, 7) is 3.47. The number of ether oxygens (including phenoxy) is 1. The van der Waals surface area contributed by atoms with Crippen LogP contribution >= 0.6 is 0 Å². The van der Waals surface area contributed by atoms with Crippen molar-refractivity contribution in [2.45, 2.75) is 18.7 Å². The second kappa shape index (κ2) is 6.06. The van der Waals surface area contributed by atoms with Crippen LogP contribution in [0.15, 0.2) is 29.3 Å². The third-order valence-electron chi connectivity index (χ3n) is 2.65. The van der Waals surface area contributed by atoms with Crippen LogP contribution in [-0.4, -0.2) is 36.4 Å². The highest BCUT2D eigenvalue weighted by molar-refractivity contribution is 7.92. The molecule has 116 valence electrons. The molecule has 0 aromatic carbocycles. The van der Waals surface area contributed by atoms with Crippen molar-refractivity contribution < 1.29 is 17.9 Å². The average molecular weight is 322 g/mol. The van der Waals surface area contributed by atoms with Crippen LogP contribution in [-0.2, 0) is 14.8 Å². The lowest BCUT2D eigenvalue weighted by Gasteiger charge is -2.08. The Morgan fingerprint density at radius 2 is 1.82 bits per heavy atom. The van der Waals surface area contributed by atoms with E-state index in [0.717, 1.165) is 6.20 Å². The van der Waals surface area contributed by atoms with Crippen molar-refractivity contribution in [1.82, 2.24) is 15.0 Å². The van der Waals surface area contributed by atoms with E-state index >= 15 is 0 Å². The third kappa shape index (κ3) is 3.55. The molecule has 2 rings (SSSR count). The van der Waals surface area contributed by atoms with E-state index in [-0.39, 0.29) is 16.5 Å². The molecule has 0 amide bonds. The highest BCUT2D eigenvalue weighted by atomic mass is 32.2. The molecule has 0 saturated heterocycles. The second-order valence-corrected chi connectivity index (χ2v) is 6.13. The summed E-state index contributed by atoms with van der Waals surface area (Å²) in [7, 11) is -2.67. The number of nitrogens with zero attached hydrogens (tertiary/aromatic N) is 3. The number of hydrogen-bond acceptors (Lipinski definition) is 7. The summed E-state index contributed by atoms with van der Waals surface area (Å²) in [6, 6.07) is 4.25. The van der Waals surface area contributed by atoms with Gasteiger partial charge in [-0.25, -0.2) is 32.9 Å². The van der Waals surface area contributed by atoms with Gasteiger partial charge in [0.2, 0.25) is 5.95 Å². The van der Waals surface area contributed by atoms with Gasteiger partial charge in [0.1, 0.15) is 10.6 Å². The fourth-order valence-electron chi connectivity index (χ4n) is 1.72. The summed E-state index contributed by atoms with van der Waals surface area (Å²) in [5.74, 6) is -0.663. The van der Waals surface area contributed by atoms with E-state index in [2.05, 4.69) is 24.4 Å². The first kappa shape index (κ1) is 15.8. The molecule has 0 bridgehead atoms. The standard InChI is InChI=1S/C13H14N4O4S/c1-8-6-9(2)16-13(15-8)17-22(19,20)10-4-5-11(14-7-10)12(18)21-3/h4-7H,1-3H3,(H,15,16,17). The van der Waals surface area contributed by atoms with Gasteiger partial charge >= 0.3 is 5.97 Å². The normalized spacial score (nSPS) is 11.0. The summed E-state index contributed by atoms with van der Waals surface area (Å²) in [5, 5.41) is 0. The molecule has 0 aliphatic carbocycles. The number of anilines is 1. The van der Waals surface area contributed by atoms with Crippen LogP contribution in [0.1, 0.15) is 21.9 Å². The van der Waals surface area contributed by atoms with Crippen molar-refractivity contribution in [2.24, 2.45) is 0 Å². The molecular weight excluding hydrogens is 308 g/mol. The topological polar surface area (TPSA) is 111 Å². The van der Waals surface area contributed by atoms with E-state index in [1.807, 2.05) is 0 Å². The van der Waals surface area contributed by atoms with Gasteiger partial charge in [0, 0.05) is 17.6 Å². The molecule has 0 fully saturated rings. The SMILES string of the molecule is COC(=O)c1ccc(S(=O)(=O)Nc2nc(C)cc(C)n2)cn1. The number of carbonyl (C=O) groups excluding carboxylic acids is 1. The van der Waals surface area contributed by atoms with Crippen LogP contribution in [0, 0.1) is 13.8 Å². The molecule has 1 N–H and O–H groups in total. The minimum Gasteiger partial charge on any atom is -0.464 e. The van der Waals surface area contributed by atoms with Gasteiger partial charge in [0.15, 0.2) is 0 Å². The van der Waals surface area contributed by atoms with Crippen molar-refractivity contribution in [3.05, 3.63) is 41.5 Å². The van der Waals surface area contributed by atoms with E-state index in [4.69, 9.17) is 0 Å². The van der Waals surface area contributed by atoms with Gasteiger partial charge < -0.3 is 4.74 Å². The maximum atomic E-state index is 12.2. The van der Waals surface area contributed by atoms with Crippen molar-refractivity contribution in [2.75, 3.05) is 11.8 Å². The van der Waals surface area contributed by atoms with Crippen LogP contribution in [0.25, 0.3) is 0 Å². The molecule has 0 atom stereocenters. The highest BCUT2D eigenvalue weighted by Gasteiger charge is 2.18. The van der Waals surface area contributed by atoms with Gasteiger partial charge in [0.05, 0.1) is 7.11 Å². The summed E-state index contributed by atoms with van der Waals surface area (Å²) >= 11 is 0. The molecule has 0 spiro atoms. The number of esters is 1. The average Bonchev–Trinajstić information content (AvgIpc) is 2.45.